The van der Waals surface area contributed by atoms with Crippen LogP contribution in [0.5, 0.6) is 0 Å². The van der Waals surface area contributed by atoms with Crippen molar-refractivity contribution >= 4 is 6.09 Å². The van der Waals surface area contributed by atoms with E-state index in [0.717, 1.165) is 5.56 Å². The number of rotatable bonds is 3. The first-order valence-electron chi connectivity index (χ1n) is 7.08. The van der Waals surface area contributed by atoms with Gasteiger partial charge in [-0.05, 0) is 16.4 Å². The van der Waals surface area contributed by atoms with Gasteiger partial charge < -0.3 is 10.1 Å². The molecule has 0 aromatic heterocycles. The Balaban J connectivity index is 2.59. The van der Waals surface area contributed by atoms with Crippen LogP contribution in [0.1, 0.15) is 47.1 Å². The Labute approximate surface area is 122 Å². The molecule has 0 aliphatic rings. The zero-order valence-corrected chi connectivity index (χ0v) is 13.5. The van der Waals surface area contributed by atoms with E-state index in [-0.39, 0.29) is 23.0 Å². The molecule has 0 atom stereocenters. The maximum atomic E-state index is 12.0. The minimum Gasteiger partial charge on any atom is -0.445 e. The van der Waals surface area contributed by atoms with E-state index in [0.29, 0.717) is 6.61 Å². The first-order chi connectivity index (χ1) is 9.10. The summed E-state index contributed by atoms with van der Waals surface area (Å²) in [5, 5.41) is 3.01. The van der Waals surface area contributed by atoms with Gasteiger partial charge in [-0.1, -0.05) is 71.9 Å². The molecule has 1 aromatic rings. The van der Waals surface area contributed by atoms with Crippen molar-refractivity contribution in [3.63, 3.8) is 0 Å². The summed E-state index contributed by atoms with van der Waals surface area (Å²) in [7, 11) is 0. The van der Waals surface area contributed by atoms with Crippen LogP contribution in [0.2, 0.25) is 0 Å². The lowest BCUT2D eigenvalue weighted by atomic mass is 9.72. The third kappa shape index (κ3) is 5.24. The standard InChI is InChI=1S/C17H27NO2/c1-16(2,3)14(17(4,5)6)18-15(19)20-12-13-10-8-7-9-11-13/h7-11,14H,12H2,1-6H3,(H,18,19). The average molecular weight is 277 g/mol. The van der Waals surface area contributed by atoms with Crippen LogP contribution in [0, 0.1) is 10.8 Å². The first kappa shape index (κ1) is 16.5. The van der Waals surface area contributed by atoms with Crippen molar-refractivity contribution in [3.8, 4) is 0 Å². The highest BCUT2D eigenvalue weighted by atomic mass is 16.5. The maximum Gasteiger partial charge on any atom is 0.407 e. The molecule has 0 aliphatic carbocycles. The maximum absolute atomic E-state index is 12.0. The minimum atomic E-state index is -0.358. The van der Waals surface area contributed by atoms with E-state index in [1.165, 1.54) is 0 Å². The second kappa shape index (κ2) is 6.29. The number of carbonyl (C=O) groups is 1. The number of amides is 1. The molecule has 0 unspecified atom stereocenters. The molecule has 0 saturated carbocycles. The highest BCUT2D eigenvalue weighted by Crippen LogP contribution is 2.33. The molecule has 0 saturated heterocycles. The number of hydrogen-bond donors (Lipinski definition) is 1. The topological polar surface area (TPSA) is 38.3 Å². The van der Waals surface area contributed by atoms with Crippen molar-refractivity contribution < 1.29 is 9.53 Å². The largest absolute Gasteiger partial charge is 0.445 e. The SMILES string of the molecule is CC(C)(C)C(NC(=O)OCc1ccccc1)C(C)(C)C. The molecule has 3 heteroatoms. The zero-order valence-electron chi connectivity index (χ0n) is 13.5. The van der Waals surface area contributed by atoms with Gasteiger partial charge in [-0.3, -0.25) is 0 Å². The molecule has 1 amide bonds. The third-order valence-electron chi connectivity index (χ3n) is 3.21. The van der Waals surface area contributed by atoms with Crippen LogP contribution in [-0.4, -0.2) is 12.1 Å². The summed E-state index contributed by atoms with van der Waals surface area (Å²) in [4.78, 5) is 12.0. The van der Waals surface area contributed by atoms with Crippen LogP contribution in [-0.2, 0) is 11.3 Å². The first-order valence-corrected chi connectivity index (χ1v) is 7.08. The fourth-order valence-corrected chi connectivity index (χ4v) is 2.61. The molecular formula is C17H27NO2. The monoisotopic (exact) mass is 277 g/mol. The number of benzene rings is 1. The lowest BCUT2D eigenvalue weighted by Crippen LogP contribution is -2.51. The quantitative estimate of drug-likeness (QED) is 0.890. The summed E-state index contributed by atoms with van der Waals surface area (Å²) in [6.45, 7) is 13.1. The minimum absolute atomic E-state index is 0.0238. The van der Waals surface area contributed by atoms with E-state index in [9.17, 15) is 4.79 Å². The Morgan fingerprint density at radius 3 is 2.00 bits per heavy atom. The number of ether oxygens (including phenoxy) is 1. The summed E-state index contributed by atoms with van der Waals surface area (Å²) in [5.41, 5.74) is 0.944. The van der Waals surface area contributed by atoms with Crippen molar-refractivity contribution in [2.75, 3.05) is 0 Å². The molecule has 0 spiro atoms. The van der Waals surface area contributed by atoms with Crippen LogP contribution in [0.15, 0.2) is 30.3 Å². The lowest BCUT2D eigenvalue weighted by Gasteiger charge is -2.40. The van der Waals surface area contributed by atoms with Gasteiger partial charge in [-0.25, -0.2) is 4.79 Å². The van der Waals surface area contributed by atoms with Crippen molar-refractivity contribution in [2.24, 2.45) is 10.8 Å². The van der Waals surface area contributed by atoms with Crippen LogP contribution < -0.4 is 5.32 Å². The molecule has 3 nitrogen and oxygen atoms in total. The van der Waals surface area contributed by atoms with Gasteiger partial charge >= 0.3 is 6.09 Å². The van der Waals surface area contributed by atoms with Crippen LogP contribution in [0.4, 0.5) is 4.79 Å². The Hall–Kier alpha value is -1.51. The molecule has 0 bridgehead atoms. The Kier molecular flexibility index (Phi) is 5.21. The number of carbonyl (C=O) groups excluding carboxylic acids is 1. The predicted octanol–water partition coefficient (Wildman–Crippen LogP) is 4.37. The average Bonchev–Trinajstić information content (AvgIpc) is 2.32. The zero-order chi connectivity index (χ0) is 15.4. The summed E-state index contributed by atoms with van der Waals surface area (Å²) < 4.78 is 5.30. The number of alkyl carbamates (subject to hydrolysis) is 1. The normalized spacial score (nSPS) is 12.3. The Bertz CT molecular complexity index is 413. The van der Waals surface area contributed by atoms with Gasteiger partial charge in [-0.15, -0.1) is 0 Å². The molecule has 1 aromatic carbocycles. The second-order valence-corrected chi connectivity index (χ2v) is 7.37. The fourth-order valence-electron chi connectivity index (χ4n) is 2.61. The van der Waals surface area contributed by atoms with Gasteiger partial charge in [0.15, 0.2) is 0 Å². The highest BCUT2D eigenvalue weighted by molar-refractivity contribution is 5.67. The van der Waals surface area contributed by atoms with Crippen molar-refractivity contribution in [1.82, 2.24) is 5.32 Å². The van der Waals surface area contributed by atoms with Gasteiger partial charge in [-0.2, -0.15) is 0 Å². The predicted molar refractivity (Wildman–Crippen MR) is 82.5 cm³/mol. The summed E-state index contributed by atoms with van der Waals surface area (Å²) in [5.74, 6) is 0. The van der Waals surface area contributed by atoms with E-state index >= 15 is 0 Å². The number of nitrogens with one attached hydrogen (secondary N) is 1. The van der Waals surface area contributed by atoms with Crippen LogP contribution in [0.25, 0.3) is 0 Å². The Morgan fingerprint density at radius 2 is 1.55 bits per heavy atom. The van der Waals surface area contributed by atoms with E-state index in [2.05, 4.69) is 46.9 Å². The molecule has 112 valence electrons. The van der Waals surface area contributed by atoms with Crippen molar-refractivity contribution in [1.29, 1.82) is 0 Å². The summed E-state index contributed by atoms with van der Waals surface area (Å²) in [6, 6.07) is 9.74. The smallest absolute Gasteiger partial charge is 0.407 e. The molecule has 20 heavy (non-hydrogen) atoms. The molecule has 0 fully saturated rings. The molecule has 1 rings (SSSR count). The highest BCUT2D eigenvalue weighted by Gasteiger charge is 2.36. The van der Waals surface area contributed by atoms with Gasteiger partial charge in [0, 0.05) is 6.04 Å². The molecule has 1 N–H and O–H groups in total. The van der Waals surface area contributed by atoms with E-state index in [1.807, 2.05) is 30.3 Å². The Morgan fingerprint density at radius 1 is 1.05 bits per heavy atom. The summed E-state index contributed by atoms with van der Waals surface area (Å²) in [6.07, 6.45) is -0.358. The van der Waals surface area contributed by atoms with E-state index < -0.39 is 0 Å². The molecule has 0 radical (unpaired) electrons. The van der Waals surface area contributed by atoms with Gasteiger partial charge in [0.05, 0.1) is 0 Å². The van der Waals surface area contributed by atoms with Crippen LogP contribution in [0.3, 0.4) is 0 Å². The van der Waals surface area contributed by atoms with Crippen LogP contribution >= 0.6 is 0 Å². The van der Waals surface area contributed by atoms with E-state index in [4.69, 9.17) is 4.74 Å². The second-order valence-electron chi connectivity index (χ2n) is 7.37. The summed E-state index contributed by atoms with van der Waals surface area (Å²) >= 11 is 0. The fraction of sp³-hybridized carbons (Fsp3) is 0.588. The molecule has 0 aliphatic heterocycles. The molecule has 0 heterocycles. The van der Waals surface area contributed by atoms with Gasteiger partial charge in [0.25, 0.3) is 0 Å². The molecular weight excluding hydrogens is 250 g/mol. The van der Waals surface area contributed by atoms with Crippen molar-refractivity contribution in [3.05, 3.63) is 35.9 Å². The van der Waals surface area contributed by atoms with Crippen molar-refractivity contribution in [2.45, 2.75) is 54.2 Å². The van der Waals surface area contributed by atoms with E-state index in [1.54, 1.807) is 0 Å². The number of hydrogen-bond acceptors (Lipinski definition) is 2. The van der Waals surface area contributed by atoms with Gasteiger partial charge in [0.1, 0.15) is 6.61 Å². The van der Waals surface area contributed by atoms with Gasteiger partial charge in [0.2, 0.25) is 0 Å². The lowest BCUT2D eigenvalue weighted by molar-refractivity contribution is 0.0972. The third-order valence-corrected chi connectivity index (χ3v) is 3.21.